The zero-order valence-corrected chi connectivity index (χ0v) is 9.87. The summed E-state index contributed by atoms with van der Waals surface area (Å²) in [5.74, 6) is 1.26. The van der Waals surface area contributed by atoms with E-state index in [1.54, 1.807) is 0 Å². The van der Waals surface area contributed by atoms with E-state index in [0.717, 1.165) is 19.0 Å². The van der Waals surface area contributed by atoms with Crippen LogP contribution in [0.3, 0.4) is 0 Å². The first-order valence-electron chi connectivity index (χ1n) is 5.43. The molecule has 0 bridgehead atoms. The molecule has 0 amide bonds. The second-order valence-corrected chi connectivity index (χ2v) is 4.70. The van der Waals surface area contributed by atoms with Crippen LogP contribution in [-0.2, 0) is 0 Å². The van der Waals surface area contributed by atoms with Gasteiger partial charge in [0.1, 0.15) is 5.38 Å². The van der Waals surface area contributed by atoms with Crippen LogP contribution in [0.5, 0.6) is 0 Å². The smallest absolute Gasteiger partial charge is 0.318 e. The maximum atomic E-state index is 5.86. The Bertz CT molecular complexity index is 326. The van der Waals surface area contributed by atoms with Gasteiger partial charge in [-0.15, -0.1) is 16.7 Å². The maximum absolute atomic E-state index is 5.86. The van der Waals surface area contributed by atoms with Gasteiger partial charge < -0.3 is 9.32 Å². The molecule has 4 nitrogen and oxygen atoms in total. The first-order valence-corrected chi connectivity index (χ1v) is 5.86. The zero-order chi connectivity index (χ0) is 10.8. The van der Waals surface area contributed by atoms with Gasteiger partial charge in [-0.05, 0) is 19.3 Å². The lowest BCUT2D eigenvalue weighted by Crippen LogP contribution is -2.19. The van der Waals surface area contributed by atoms with Crippen LogP contribution in [0.2, 0.25) is 0 Å². The van der Waals surface area contributed by atoms with Gasteiger partial charge in [-0.1, -0.05) is 18.4 Å². The molecule has 1 aliphatic heterocycles. The lowest BCUT2D eigenvalue weighted by molar-refractivity contribution is 0.487. The van der Waals surface area contributed by atoms with E-state index in [1.165, 1.54) is 12.8 Å². The first-order chi connectivity index (χ1) is 7.20. The minimum absolute atomic E-state index is 0.212. The van der Waals surface area contributed by atoms with E-state index in [0.29, 0.717) is 11.9 Å². The van der Waals surface area contributed by atoms with Crippen molar-refractivity contribution in [3.63, 3.8) is 0 Å². The molecule has 84 valence electrons. The molecule has 5 heteroatoms. The van der Waals surface area contributed by atoms with Crippen molar-refractivity contribution in [3.8, 4) is 0 Å². The predicted molar refractivity (Wildman–Crippen MR) is 59.2 cm³/mol. The van der Waals surface area contributed by atoms with Crippen LogP contribution in [0, 0.1) is 5.92 Å². The van der Waals surface area contributed by atoms with E-state index in [2.05, 4.69) is 22.0 Å². The van der Waals surface area contributed by atoms with Crippen molar-refractivity contribution in [2.75, 3.05) is 18.0 Å². The summed E-state index contributed by atoms with van der Waals surface area (Å²) in [6.45, 7) is 6.08. The summed E-state index contributed by atoms with van der Waals surface area (Å²) in [6, 6.07) is 0.619. The lowest BCUT2D eigenvalue weighted by Gasteiger charge is -2.11. The fourth-order valence-electron chi connectivity index (χ4n) is 1.85. The van der Waals surface area contributed by atoms with Crippen molar-refractivity contribution >= 4 is 17.6 Å². The Balaban J connectivity index is 2.04. The summed E-state index contributed by atoms with van der Waals surface area (Å²) in [4.78, 5) is 2.14. The van der Waals surface area contributed by atoms with Crippen molar-refractivity contribution in [1.82, 2.24) is 10.2 Å². The zero-order valence-electron chi connectivity index (χ0n) is 9.11. The fraction of sp³-hybridized carbons (Fsp3) is 0.800. The van der Waals surface area contributed by atoms with E-state index in [4.69, 9.17) is 16.0 Å². The standard InChI is InChI=1S/C10H16ClN3O/c1-3-8-4-5-14(6-8)10-13-12-9(15-10)7(2)11/h7-8H,3-6H2,1-2H3. The molecule has 0 radical (unpaired) electrons. The number of aromatic nitrogens is 2. The number of nitrogens with zero attached hydrogens (tertiary/aromatic N) is 3. The number of hydrogen-bond donors (Lipinski definition) is 0. The molecular weight excluding hydrogens is 214 g/mol. The molecule has 0 saturated carbocycles. The molecule has 15 heavy (non-hydrogen) atoms. The SMILES string of the molecule is CCC1CCN(c2nnc(C(C)Cl)o2)C1. The van der Waals surface area contributed by atoms with Crippen LogP contribution in [0.1, 0.15) is 38.0 Å². The topological polar surface area (TPSA) is 42.2 Å². The normalized spacial score (nSPS) is 23.4. The Morgan fingerprint density at radius 1 is 1.60 bits per heavy atom. The Kier molecular flexibility index (Phi) is 3.14. The van der Waals surface area contributed by atoms with Gasteiger partial charge in [0.2, 0.25) is 5.89 Å². The second-order valence-electron chi connectivity index (χ2n) is 4.05. The summed E-state index contributed by atoms with van der Waals surface area (Å²) >= 11 is 5.86. The lowest BCUT2D eigenvalue weighted by atomic mass is 10.1. The molecule has 2 atom stereocenters. The van der Waals surface area contributed by atoms with Crippen molar-refractivity contribution in [2.45, 2.75) is 32.1 Å². The van der Waals surface area contributed by atoms with Gasteiger partial charge in [0.05, 0.1) is 0 Å². The molecule has 0 aliphatic carbocycles. The van der Waals surface area contributed by atoms with Crippen LogP contribution in [0.4, 0.5) is 6.01 Å². The molecular formula is C10H16ClN3O. The Labute approximate surface area is 94.6 Å². The largest absolute Gasteiger partial charge is 0.406 e. The molecule has 2 rings (SSSR count). The van der Waals surface area contributed by atoms with Gasteiger partial charge in [0.25, 0.3) is 0 Å². The summed E-state index contributed by atoms with van der Waals surface area (Å²) in [5.41, 5.74) is 0. The number of anilines is 1. The van der Waals surface area contributed by atoms with Gasteiger partial charge >= 0.3 is 6.01 Å². The Morgan fingerprint density at radius 2 is 2.40 bits per heavy atom. The fourth-order valence-corrected chi connectivity index (χ4v) is 1.94. The monoisotopic (exact) mass is 229 g/mol. The average molecular weight is 230 g/mol. The molecule has 1 saturated heterocycles. The van der Waals surface area contributed by atoms with Gasteiger partial charge in [0, 0.05) is 13.1 Å². The van der Waals surface area contributed by atoms with Gasteiger partial charge in [-0.25, -0.2) is 0 Å². The van der Waals surface area contributed by atoms with E-state index < -0.39 is 0 Å². The summed E-state index contributed by atoms with van der Waals surface area (Å²) < 4.78 is 5.49. The maximum Gasteiger partial charge on any atom is 0.318 e. The molecule has 2 unspecified atom stereocenters. The van der Waals surface area contributed by atoms with E-state index in [9.17, 15) is 0 Å². The van der Waals surface area contributed by atoms with Crippen molar-refractivity contribution in [1.29, 1.82) is 0 Å². The quantitative estimate of drug-likeness (QED) is 0.748. The molecule has 0 N–H and O–H groups in total. The summed E-state index contributed by atoms with van der Waals surface area (Å²) in [7, 11) is 0. The highest BCUT2D eigenvalue weighted by molar-refractivity contribution is 6.20. The van der Waals surface area contributed by atoms with Crippen LogP contribution >= 0.6 is 11.6 Å². The number of halogens is 1. The molecule has 1 aromatic rings. The highest BCUT2D eigenvalue weighted by atomic mass is 35.5. The Hall–Kier alpha value is -0.770. The number of alkyl halides is 1. The summed E-state index contributed by atoms with van der Waals surface area (Å²) in [6.07, 6.45) is 2.42. The van der Waals surface area contributed by atoms with Crippen LogP contribution in [0.15, 0.2) is 4.42 Å². The molecule has 1 aromatic heterocycles. The van der Waals surface area contributed by atoms with E-state index in [-0.39, 0.29) is 5.38 Å². The third-order valence-corrected chi connectivity index (χ3v) is 3.09. The first kappa shape index (κ1) is 10.7. The van der Waals surface area contributed by atoms with Gasteiger partial charge in [-0.3, -0.25) is 0 Å². The minimum atomic E-state index is -0.212. The highest BCUT2D eigenvalue weighted by Crippen LogP contribution is 2.26. The number of rotatable bonds is 3. The second kappa shape index (κ2) is 4.39. The van der Waals surface area contributed by atoms with Crippen molar-refractivity contribution < 1.29 is 4.42 Å². The highest BCUT2D eigenvalue weighted by Gasteiger charge is 2.25. The third kappa shape index (κ3) is 2.25. The van der Waals surface area contributed by atoms with Crippen LogP contribution in [0.25, 0.3) is 0 Å². The predicted octanol–water partition coefficient (Wildman–Crippen LogP) is 2.61. The van der Waals surface area contributed by atoms with Gasteiger partial charge in [0.15, 0.2) is 0 Å². The molecule has 1 fully saturated rings. The van der Waals surface area contributed by atoms with Crippen LogP contribution in [-0.4, -0.2) is 23.3 Å². The minimum Gasteiger partial charge on any atom is -0.406 e. The molecule has 0 spiro atoms. The third-order valence-electron chi connectivity index (χ3n) is 2.90. The average Bonchev–Trinajstić information content (AvgIpc) is 2.86. The van der Waals surface area contributed by atoms with E-state index in [1.807, 2.05) is 6.92 Å². The Morgan fingerprint density at radius 3 is 2.93 bits per heavy atom. The number of hydrogen-bond acceptors (Lipinski definition) is 4. The molecule has 0 aromatic carbocycles. The summed E-state index contributed by atoms with van der Waals surface area (Å²) in [5, 5.41) is 7.72. The van der Waals surface area contributed by atoms with E-state index >= 15 is 0 Å². The molecule has 1 aliphatic rings. The van der Waals surface area contributed by atoms with Gasteiger partial charge in [-0.2, -0.15) is 0 Å². The van der Waals surface area contributed by atoms with Crippen LogP contribution < -0.4 is 4.90 Å². The molecule has 2 heterocycles. The van der Waals surface area contributed by atoms with Crippen molar-refractivity contribution in [2.24, 2.45) is 5.92 Å². The van der Waals surface area contributed by atoms with Crippen molar-refractivity contribution in [3.05, 3.63) is 5.89 Å².